The Labute approximate surface area is 94.3 Å². The highest BCUT2D eigenvalue weighted by molar-refractivity contribution is 8.00. The van der Waals surface area contributed by atoms with Gasteiger partial charge >= 0.3 is 0 Å². The maximum Gasteiger partial charge on any atom is 0.253 e. The standard InChI is InChI=1S/C10H17N3OS/c1-3-4-11-9-12-8(14)10(13-9)5-7(2)15-6-10/h7H,3-6H2,1-2H3,(H2,11,12,13,14). The van der Waals surface area contributed by atoms with Gasteiger partial charge in [-0.25, -0.2) is 0 Å². The molecule has 2 atom stereocenters. The van der Waals surface area contributed by atoms with Crippen LogP contribution >= 0.6 is 11.8 Å². The summed E-state index contributed by atoms with van der Waals surface area (Å²) in [6.07, 6.45) is 1.90. The lowest BCUT2D eigenvalue weighted by Gasteiger charge is -2.18. The van der Waals surface area contributed by atoms with E-state index in [2.05, 4.69) is 29.5 Å². The maximum absolute atomic E-state index is 11.8. The van der Waals surface area contributed by atoms with E-state index < -0.39 is 0 Å². The molecule has 0 aliphatic carbocycles. The smallest absolute Gasteiger partial charge is 0.253 e. The number of carbonyl (C=O) groups is 1. The van der Waals surface area contributed by atoms with Crippen molar-refractivity contribution < 1.29 is 4.79 Å². The summed E-state index contributed by atoms with van der Waals surface area (Å²) >= 11 is 1.84. The third-order valence-corrected chi connectivity index (χ3v) is 4.16. The van der Waals surface area contributed by atoms with Crippen molar-refractivity contribution in [2.24, 2.45) is 4.99 Å². The number of hydrogen-bond donors (Lipinski definition) is 2. The van der Waals surface area contributed by atoms with Crippen LogP contribution in [0.15, 0.2) is 4.99 Å². The molecule has 5 heteroatoms. The molecule has 2 unspecified atom stereocenters. The van der Waals surface area contributed by atoms with Gasteiger partial charge < -0.3 is 5.32 Å². The van der Waals surface area contributed by atoms with E-state index in [1.807, 2.05) is 11.8 Å². The maximum atomic E-state index is 11.8. The van der Waals surface area contributed by atoms with E-state index in [0.717, 1.165) is 25.1 Å². The minimum Gasteiger partial charge on any atom is -0.341 e. The molecule has 2 saturated heterocycles. The van der Waals surface area contributed by atoms with Crippen LogP contribution in [0.25, 0.3) is 0 Å². The number of thioether (sulfide) groups is 1. The van der Waals surface area contributed by atoms with E-state index in [0.29, 0.717) is 11.2 Å². The van der Waals surface area contributed by atoms with E-state index in [9.17, 15) is 4.79 Å². The molecular weight excluding hydrogens is 210 g/mol. The molecule has 15 heavy (non-hydrogen) atoms. The van der Waals surface area contributed by atoms with Gasteiger partial charge in [-0.15, -0.1) is 0 Å². The molecule has 0 radical (unpaired) electrons. The molecular formula is C10H17N3OS. The van der Waals surface area contributed by atoms with Crippen molar-refractivity contribution in [3.05, 3.63) is 0 Å². The number of amides is 1. The number of nitrogens with zero attached hydrogens (tertiary/aromatic N) is 1. The summed E-state index contributed by atoms with van der Waals surface area (Å²) in [5, 5.41) is 6.63. The summed E-state index contributed by atoms with van der Waals surface area (Å²) in [6, 6.07) is 0. The van der Waals surface area contributed by atoms with Crippen molar-refractivity contribution in [3.8, 4) is 0 Å². The number of carbonyl (C=O) groups excluding carboxylic acids is 1. The second-order valence-electron chi connectivity index (χ2n) is 4.22. The van der Waals surface area contributed by atoms with Crippen LogP contribution in [0.3, 0.4) is 0 Å². The van der Waals surface area contributed by atoms with Crippen molar-refractivity contribution >= 4 is 23.6 Å². The molecule has 1 spiro atoms. The van der Waals surface area contributed by atoms with Crippen molar-refractivity contribution in [1.82, 2.24) is 10.6 Å². The van der Waals surface area contributed by atoms with E-state index in [1.165, 1.54) is 0 Å². The number of nitrogens with one attached hydrogen (secondary N) is 2. The molecule has 2 aliphatic rings. The average Bonchev–Trinajstić information content (AvgIpc) is 2.70. The fourth-order valence-electron chi connectivity index (χ4n) is 1.98. The largest absolute Gasteiger partial charge is 0.341 e. The lowest BCUT2D eigenvalue weighted by molar-refractivity contribution is -0.123. The highest BCUT2D eigenvalue weighted by Crippen LogP contribution is 2.35. The highest BCUT2D eigenvalue weighted by Gasteiger charge is 2.49. The van der Waals surface area contributed by atoms with Gasteiger partial charge in [0.15, 0.2) is 5.96 Å². The fourth-order valence-corrected chi connectivity index (χ4v) is 3.28. The third kappa shape index (κ3) is 1.97. The van der Waals surface area contributed by atoms with Crippen molar-refractivity contribution in [3.63, 3.8) is 0 Å². The van der Waals surface area contributed by atoms with E-state index in [4.69, 9.17) is 0 Å². The predicted molar refractivity (Wildman–Crippen MR) is 63.1 cm³/mol. The van der Waals surface area contributed by atoms with Gasteiger partial charge in [0.25, 0.3) is 5.91 Å². The van der Waals surface area contributed by atoms with Crippen LogP contribution in [0.1, 0.15) is 26.7 Å². The molecule has 0 bridgehead atoms. The Morgan fingerprint density at radius 1 is 1.67 bits per heavy atom. The Hall–Kier alpha value is -0.710. The highest BCUT2D eigenvalue weighted by atomic mass is 32.2. The van der Waals surface area contributed by atoms with Crippen LogP contribution < -0.4 is 10.6 Å². The van der Waals surface area contributed by atoms with Gasteiger partial charge in [-0.1, -0.05) is 13.8 Å². The average molecular weight is 227 g/mol. The lowest BCUT2D eigenvalue weighted by atomic mass is 9.97. The first-order chi connectivity index (χ1) is 7.16. The quantitative estimate of drug-likeness (QED) is 0.731. The third-order valence-electron chi connectivity index (χ3n) is 2.77. The Morgan fingerprint density at radius 3 is 3.07 bits per heavy atom. The predicted octanol–water partition coefficient (Wildman–Crippen LogP) is 0.736. The fraction of sp³-hybridized carbons (Fsp3) is 0.800. The number of hydrogen-bond acceptors (Lipinski definition) is 3. The summed E-state index contributed by atoms with van der Waals surface area (Å²) in [5.74, 6) is 1.61. The molecule has 0 aromatic rings. The van der Waals surface area contributed by atoms with Crippen molar-refractivity contribution in [1.29, 1.82) is 0 Å². The minimum atomic E-state index is -0.378. The normalized spacial score (nSPS) is 37.3. The van der Waals surface area contributed by atoms with Gasteiger partial charge in [0, 0.05) is 17.5 Å². The number of aliphatic imine (C=N–C) groups is 1. The van der Waals surface area contributed by atoms with Crippen LogP contribution in [-0.2, 0) is 4.79 Å². The molecule has 0 saturated carbocycles. The van der Waals surface area contributed by atoms with Crippen molar-refractivity contribution in [2.45, 2.75) is 37.5 Å². The monoisotopic (exact) mass is 227 g/mol. The second kappa shape index (κ2) is 4.04. The molecule has 0 aromatic carbocycles. The van der Waals surface area contributed by atoms with E-state index in [1.54, 1.807) is 0 Å². The van der Waals surface area contributed by atoms with Gasteiger partial charge in [-0.05, 0) is 12.8 Å². The molecule has 1 amide bonds. The molecule has 2 heterocycles. The molecule has 2 aliphatic heterocycles. The topological polar surface area (TPSA) is 53.5 Å². The van der Waals surface area contributed by atoms with E-state index >= 15 is 0 Å². The summed E-state index contributed by atoms with van der Waals surface area (Å²) < 4.78 is 0. The summed E-state index contributed by atoms with van der Waals surface area (Å²) in [6.45, 7) is 5.00. The van der Waals surface area contributed by atoms with Crippen molar-refractivity contribution in [2.75, 3.05) is 12.3 Å². The molecule has 2 fully saturated rings. The van der Waals surface area contributed by atoms with Crippen LogP contribution in [0.5, 0.6) is 0 Å². The van der Waals surface area contributed by atoms with Gasteiger partial charge in [-0.3, -0.25) is 15.1 Å². The van der Waals surface area contributed by atoms with Crippen LogP contribution in [-0.4, -0.2) is 35.0 Å². The summed E-state index contributed by atoms with van der Waals surface area (Å²) in [7, 11) is 0. The summed E-state index contributed by atoms with van der Waals surface area (Å²) in [5.41, 5.74) is -0.378. The van der Waals surface area contributed by atoms with E-state index in [-0.39, 0.29) is 11.4 Å². The molecule has 4 nitrogen and oxygen atoms in total. The van der Waals surface area contributed by atoms with Gasteiger partial charge in [0.1, 0.15) is 5.54 Å². The Morgan fingerprint density at radius 2 is 2.47 bits per heavy atom. The van der Waals surface area contributed by atoms with Crippen LogP contribution in [0.4, 0.5) is 0 Å². The zero-order valence-corrected chi connectivity index (χ0v) is 9.99. The molecule has 0 aromatic heterocycles. The van der Waals surface area contributed by atoms with Gasteiger partial charge in [0.05, 0.1) is 0 Å². The lowest BCUT2D eigenvalue weighted by Crippen LogP contribution is -2.47. The van der Waals surface area contributed by atoms with Gasteiger partial charge in [-0.2, -0.15) is 11.8 Å². The van der Waals surface area contributed by atoms with Crippen LogP contribution in [0, 0.1) is 0 Å². The number of guanidine groups is 1. The van der Waals surface area contributed by atoms with Crippen LogP contribution in [0.2, 0.25) is 0 Å². The minimum absolute atomic E-state index is 0.0919. The Bertz CT molecular complexity index is 305. The molecule has 84 valence electrons. The first-order valence-corrected chi connectivity index (χ1v) is 6.47. The zero-order chi connectivity index (χ0) is 10.9. The SMILES string of the molecule is CCCN=C1NC(=O)C2(CSC(C)C2)N1. The number of rotatable bonds is 2. The first-order valence-electron chi connectivity index (χ1n) is 5.42. The molecule has 2 rings (SSSR count). The second-order valence-corrected chi connectivity index (χ2v) is 5.64. The summed E-state index contributed by atoms with van der Waals surface area (Å²) in [4.78, 5) is 16.2. The first kappa shape index (κ1) is 10.8. The Kier molecular flexibility index (Phi) is 2.91. The zero-order valence-electron chi connectivity index (χ0n) is 9.17. The molecule has 2 N–H and O–H groups in total. The Balaban J connectivity index is 2.07. The van der Waals surface area contributed by atoms with Gasteiger partial charge in [0.2, 0.25) is 0 Å².